The lowest BCUT2D eigenvalue weighted by atomic mass is 10.2. The van der Waals surface area contributed by atoms with Gasteiger partial charge in [-0.2, -0.15) is 0 Å². The van der Waals surface area contributed by atoms with E-state index in [0.717, 1.165) is 0 Å². The molecule has 0 aromatic carbocycles. The molecule has 0 amide bonds. The zero-order chi connectivity index (χ0) is 14.7. The maximum atomic E-state index is 10.7. The lowest BCUT2D eigenvalue weighted by Crippen LogP contribution is -2.02. The zero-order valence-corrected chi connectivity index (χ0v) is 10.6. The molecule has 21 heavy (non-hydrogen) atoms. The van der Waals surface area contributed by atoms with Crippen LogP contribution in [0.25, 0.3) is 22.9 Å². The van der Waals surface area contributed by atoms with Gasteiger partial charge in [0.15, 0.2) is 0 Å². The molecule has 0 unspecified atom stereocenters. The highest BCUT2D eigenvalue weighted by atomic mass is 16.4. The van der Waals surface area contributed by atoms with E-state index in [4.69, 9.17) is 5.11 Å². The zero-order valence-electron chi connectivity index (χ0n) is 10.6. The number of rotatable bonds is 3. The van der Waals surface area contributed by atoms with Gasteiger partial charge < -0.3 is 5.11 Å². The highest BCUT2D eigenvalue weighted by molar-refractivity contribution is 5.87. The first kappa shape index (κ1) is 12.7. The number of carbonyl (C=O) groups is 1. The van der Waals surface area contributed by atoms with E-state index in [1.54, 1.807) is 24.5 Å². The summed E-state index contributed by atoms with van der Waals surface area (Å²) < 4.78 is 0. The predicted octanol–water partition coefficient (Wildman–Crippen LogP) is 1.09. The van der Waals surface area contributed by atoms with Gasteiger partial charge in [0.25, 0.3) is 0 Å². The molecule has 0 saturated heterocycles. The van der Waals surface area contributed by atoms with Crippen LogP contribution in [0.1, 0.15) is 10.4 Å². The fourth-order valence-corrected chi connectivity index (χ4v) is 1.60. The predicted molar refractivity (Wildman–Crippen MR) is 71.0 cm³/mol. The standard InChI is InChI=1S/C13H8N6O2/c20-13(21)9-3-4-10(15-7-9)12-18-16-11(17-19-12)8-2-1-5-14-6-8/h1-7H,(H,20,21). The van der Waals surface area contributed by atoms with Crippen molar-refractivity contribution >= 4 is 5.97 Å². The third-order valence-corrected chi connectivity index (χ3v) is 2.64. The van der Waals surface area contributed by atoms with Crippen LogP contribution >= 0.6 is 0 Å². The Morgan fingerprint density at radius 2 is 1.71 bits per heavy atom. The molecule has 8 heteroatoms. The number of hydrogen-bond donors (Lipinski definition) is 1. The lowest BCUT2D eigenvalue weighted by Gasteiger charge is -2.00. The number of carboxylic acids is 1. The number of aromatic carboxylic acids is 1. The maximum Gasteiger partial charge on any atom is 0.337 e. The van der Waals surface area contributed by atoms with Crippen LogP contribution in [0.5, 0.6) is 0 Å². The summed E-state index contributed by atoms with van der Waals surface area (Å²) in [6.45, 7) is 0. The first-order valence-corrected chi connectivity index (χ1v) is 5.91. The van der Waals surface area contributed by atoms with Crippen molar-refractivity contribution in [2.75, 3.05) is 0 Å². The van der Waals surface area contributed by atoms with E-state index in [1.807, 2.05) is 0 Å². The molecule has 0 radical (unpaired) electrons. The molecule has 3 heterocycles. The van der Waals surface area contributed by atoms with Crippen LogP contribution in [-0.2, 0) is 0 Å². The minimum atomic E-state index is -1.04. The highest BCUT2D eigenvalue weighted by Crippen LogP contribution is 2.13. The average molecular weight is 280 g/mol. The number of nitrogens with zero attached hydrogens (tertiary/aromatic N) is 6. The van der Waals surface area contributed by atoms with Crippen molar-refractivity contribution in [3.8, 4) is 22.9 Å². The molecular formula is C13H8N6O2. The molecule has 0 aliphatic rings. The van der Waals surface area contributed by atoms with Crippen LogP contribution in [0, 0.1) is 0 Å². The molecule has 8 nitrogen and oxygen atoms in total. The summed E-state index contributed by atoms with van der Waals surface area (Å²) >= 11 is 0. The van der Waals surface area contributed by atoms with Gasteiger partial charge in [-0.15, -0.1) is 20.4 Å². The first-order valence-electron chi connectivity index (χ1n) is 5.91. The van der Waals surface area contributed by atoms with E-state index in [2.05, 4.69) is 30.4 Å². The molecule has 0 atom stereocenters. The Kier molecular flexibility index (Phi) is 3.26. The molecule has 1 N–H and O–H groups in total. The van der Waals surface area contributed by atoms with Gasteiger partial charge in [-0.1, -0.05) is 0 Å². The van der Waals surface area contributed by atoms with Gasteiger partial charge >= 0.3 is 5.97 Å². The second-order valence-corrected chi connectivity index (χ2v) is 4.03. The third kappa shape index (κ3) is 2.68. The summed E-state index contributed by atoms with van der Waals surface area (Å²) in [6, 6.07) is 6.49. The Hall–Kier alpha value is -3.29. The molecule has 0 fully saturated rings. The second-order valence-electron chi connectivity index (χ2n) is 4.03. The Balaban J connectivity index is 1.89. The van der Waals surface area contributed by atoms with Crippen LogP contribution in [0.2, 0.25) is 0 Å². The van der Waals surface area contributed by atoms with Crippen LogP contribution in [-0.4, -0.2) is 41.4 Å². The molecule has 0 bridgehead atoms. The molecule has 0 spiro atoms. The van der Waals surface area contributed by atoms with Gasteiger partial charge in [-0.3, -0.25) is 9.97 Å². The molecule has 0 aliphatic carbocycles. The minimum absolute atomic E-state index is 0.0895. The summed E-state index contributed by atoms with van der Waals surface area (Å²) in [5.74, 6) is -0.466. The van der Waals surface area contributed by atoms with Crippen molar-refractivity contribution in [2.24, 2.45) is 0 Å². The van der Waals surface area contributed by atoms with Crippen molar-refractivity contribution in [3.63, 3.8) is 0 Å². The monoisotopic (exact) mass is 280 g/mol. The Morgan fingerprint density at radius 1 is 0.952 bits per heavy atom. The fraction of sp³-hybridized carbons (Fsp3) is 0. The highest BCUT2D eigenvalue weighted by Gasteiger charge is 2.09. The Bertz CT molecular complexity index is 759. The minimum Gasteiger partial charge on any atom is -0.478 e. The Labute approximate surface area is 118 Å². The summed E-state index contributed by atoms with van der Waals surface area (Å²) in [7, 11) is 0. The summed E-state index contributed by atoms with van der Waals surface area (Å²) in [6.07, 6.45) is 4.49. The van der Waals surface area contributed by atoms with E-state index in [1.165, 1.54) is 18.3 Å². The van der Waals surface area contributed by atoms with Crippen molar-refractivity contribution in [1.82, 2.24) is 30.4 Å². The van der Waals surface area contributed by atoms with Crippen molar-refractivity contribution in [2.45, 2.75) is 0 Å². The van der Waals surface area contributed by atoms with E-state index >= 15 is 0 Å². The van der Waals surface area contributed by atoms with E-state index in [-0.39, 0.29) is 11.4 Å². The number of aromatic nitrogens is 6. The molecule has 0 saturated carbocycles. The van der Waals surface area contributed by atoms with Gasteiger partial charge in [0.2, 0.25) is 11.6 Å². The maximum absolute atomic E-state index is 10.7. The molecule has 3 aromatic rings. The van der Waals surface area contributed by atoms with Gasteiger partial charge in [0.05, 0.1) is 5.56 Å². The quantitative estimate of drug-likeness (QED) is 0.758. The van der Waals surface area contributed by atoms with Crippen LogP contribution in [0.15, 0.2) is 42.9 Å². The van der Waals surface area contributed by atoms with E-state index < -0.39 is 5.97 Å². The van der Waals surface area contributed by atoms with E-state index in [9.17, 15) is 4.79 Å². The number of carboxylic acid groups (broad SMARTS) is 1. The lowest BCUT2D eigenvalue weighted by molar-refractivity contribution is 0.0696. The van der Waals surface area contributed by atoms with Gasteiger partial charge in [0, 0.05) is 24.2 Å². The van der Waals surface area contributed by atoms with Crippen LogP contribution < -0.4 is 0 Å². The van der Waals surface area contributed by atoms with Gasteiger partial charge in [-0.05, 0) is 24.3 Å². The summed E-state index contributed by atoms with van der Waals surface area (Å²) in [5.41, 5.74) is 1.20. The van der Waals surface area contributed by atoms with Crippen LogP contribution in [0.3, 0.4) is 0 Å². The van der Waals surface area contributed by atoms with Gasteiger partial charge in [0.1, 0.15) is 5.69 Å². The third-order valence-electron chi connectivity index (χ3n) is 2.64. The molecule has 3 aromatic heterocycles. The Morgan fingerprint density at radius 3 is 2.29 bits per heavy atom. The summed E-state index contributed by atoms with van der Waals surface area (Å²) in [5, 5.41) is 24.6. The number of pyridine rings is 2. The van der Waals surface area contributed by atoms with Crippen molar-refractivity contribution in [3.05, 3.63) is 48.4 Å². The smallest absolute Gasteiger partial charge is 0.337 e. The van der Waals surface area contributed by atoms with Crippen molar-refractivity contribution < 1.29 is 9.90 Å². The fourth-order valence-electron chi connectivity index (χ4n) is 1.60. The average Bonchev–Trinajstić information content (AvgIpc) is 2.56. The molecular weight excluding hydrogens is 272 g/mol. The second kappa shape index (κ2) is 5.37. The van der Waals surface area contributed by atoms with Crippen molar-refractivity contribution in [1.29, 1.82) is 0 Å². The van der Waals surface area contributed by atoms with Crippen LogP contribution in [0.4, 0.5) is 0 Å². The largest absolute Gasteiger partial charge is 0.478 e. The first-order chi connectivity index (χ1) is 10.2. The molecule has 102 valence electrons. The number of hydrogen-bond acceptors (Lipinski definition) is 7. The SMILES string of the molecule is O=C(O)c1ccc(-c2nnc(-c3cccnc3)nn2)nc1. The summed E-state index contributed by atoms with van der Waals surface area (Å²) in [4.78, 5) is 18.7. The van der Waals surface area contributed by atoms with Gasteiger partial charge in [-0.25, -0.2) is 4.79 Å². The normalized spacial score (nSPS) is 10.3. The molecule has 3 rings (SSSR count). The topological polar surface area (TPSA) is 115 Å². The van der Waals surface area contributed by atoms with E-state index in [0.29, 0.717) is 17.1 Å². The molecule has 0 aliphatic heterocycles.